The van der Waals surface area contributed by atoms with Crippen LogP contribution in [0.4, 0.5) is 0 Å². The lowest BCUT2D eigenvalue weighted by molar-refractivity contribution is -0.389. The van der Waals surface area contributed by atoms with Gasteiger partial charge in [0.05, 0.1) is 33.0 Å². The van der Waals surface area contributed by atoms with Gasteiger partial charge in [-0.3, -0.25) is 59.2 Å². The highest BCUT2D eigenvalue weighted by Crippen LogP contribution is 2.43. The molecule has 8 heterocycles. The highest BCUT2D eigenvalue weighted by atomic mass is 32.3. The van der Waals surface area contributed by atoms with Gasteiger partial charge in [-0.2, -0.15) is 133 Å². The second-order valence-corrected chi connectivity index (χ2v) is 44.5. The normalized spacial score (nSPS) is 38.9. The molecular weight excluding hydrogens is 2320 g/mol. The van der Waals surface area contributed by atoms with Gasteiger partial charge in [0.25, 0.3) is 0 Å². The number of hydrogen-bond acceptors (Lipinski definition) is 62. The Morgan fingerprint density at radius 3 is 0.738 bits per heavy atom. The molecule has 0 amide bonds. The van der Waals surface area contributed by atoms with Gasteiger partial charge in [-0.15, -0.1) is 0 Å². The zero-order chi connectivity index (χ0) is 110. The molecule has 8 fully saturated rings. The van der Waals surface area contributed by atoms with E-state index < -0.39 is 431 Å². The molecule has 8 rings (SSSR count). The molecule has 8 saturated heterocycles. The summed E-state index contributed by atoms with van der Waals surface area (Å²) < 4.78 is 585. The molecule has 8 aliphatic heterocycles. The number of aliphatic carboxylic acids is 3. The van der Waals surface area contributed by atoms with Crippen LogP contribution in [0.1, 0.15) is 0 Å². The maximum Gasteiger partial charge on any atom is 0.397 e. The number of aliphatic hydroxyl groups is 9. The molecule has 145 heavy (non-hydrogen) atoms. The lowest BCUT2D eigenvalue weighted by Crippen LogP contribution is -2.73. The number of carboxylic acid groups (broad SMARTS) is 3. The fraction of sp³-hybridized carbons (Fsp3) is 0.939. The summed E-state index contributed by atoms with van der Waals surface area (Å²) in [6.45, 7) is -10.1. The smallest absolute Gasteiger partial charge is 0.397 e. The Morgan fingerprint density at radius 1 is 0.221 bits per heavy atom. The Hall–Kier alpha value is -4.28. The quantitative estimate of drug-likeness (QED) is 0.0252. The zero-order valence-electron chi connectivity index (χ0n) is 69.8. The molecule has 40 atom stereocenters. The molecule has 30 N–H and O–H groups in total. The van der Waals surface area contributed by atoms with Gasteiger partial charge in [0.1, 0.15) is 171 Å². The van der Waals surface area contributed by atoms with E-state index in [1.54, 1.807) is 0 Å². The minimum absolute atomic E-state index is 0.527. The number of hydrogen-bond donors (Lipinski definition) is 30. The zero-order valence-corrected chi connectivity index (χ0v) is 80.4. The topological polar surface area (TPSA) is 1280 Å². The third-order valence-electron chi connectivity index (χ3n) is 20.0. The van der Waals surface area contributed by atoms with Crippen molar-refractivity contribution in [1.82, 2.24) is 23.6 Å². The molecule has 8 aliphatic rings. The number of rotatable bonds is 49. The van der Waals surface area contributed by atoms with Gasteiger partial charge in [0.2, 0.25) is 0 Å². The van der Waals surface area contributed by atoms with Crippen LogP contribution < -0.4 is 23.6 Å². The van der Waals surface area contributed by atoms with Crippen LogP contribution in [0.5, 0.6) is 0 Å². The number of aliphatic hydroxyl groups excluding tert-OH is 9. The fourth-order valence-corrected chi connectivity index (χ4v) is 20.5. The Kier molecular flexibility index (Phi) is 41.7. The Bertz CT molecular complexity index is 6110. The summed E-state index contributed by atoms with van der Waals surface area (Å²) in [7, 11) is -81.0. The first kappa shape index (κ1) is 126. The van der Waals surface area contributed by atoms with E-state index in [-0.39, 0.29) is 0 Å². The van der Waals surface area contributed by atoms with Crippen LogP contribution in [-0.4, -0.2) is 533 Å². The van der Waals surface area contributed by atoms with E-state index in [4.69, 9.17) is 80.0 Å². The second kappa shape index (κ2) is 48.0. The summed E-state index contributed by atoms with van der Waals surface area (Å²) in [5.41, 5.74) is 0. The lowest BCUT2D eigenvalue weighted by Gasteiger charge is -2.52. The van der Waals surface area contributed by atoms with Gasteiger partial charge in [-0.25, -0.2) is 47.8 Å². The summed E-state index contributed by atoms with van der Waals surface area (Å²) in [6, 6.07) is -16.0. The van der Waals surface area contributed by atoms with Crippen LogP contribution >= 0.6 is 0 Å². The largest absolute Gasteiger partial charge is 0.479 e. The van der Waals surface area contributed by atoms with Crippen molar-refractivity contribution in [3.05, 3.63) is 0 Å². The van der Waals surface area contributed by atoms with Crippen molar-refractivity contribution in [2.75, 3.05) is 40.1 Å². The van der Waals surface area contributed by atoms with Crippen molar-refractivity contribution in [3.63, 3.8) is 0 Å². The molecule has 0 aliphatic carbocycles. The first-order chi connectivity index (χ1) is 65.6. The third-order valence-corrected chi connectivity index (χ3v) is 26.4. The first-order valence-corrected chi connectivity index (χ1v) is 55.7. The van der Waals surface area contributed by atoms with Gasteiger partial charge in [-0.1, -0.05) is 0 Å². The van der Waals surface area contributed by atoms with Crippen molar-refractivity contribution in [1.29, 1.82) is 0 Å². The van der Waals surface area contributed by atoms with Crippen LogP contribution in [0.3, 0.4) is 0 Å². The SMILES string of the molecule is CO[C@H]1O[C@H](COS(=O)(=O)O)[C@@H](O[C@@H]2O[C@@H](C(=O)O)[C@@H](O[C@H]3O[C@H](COS(=O)(=O)O)[C@@H](O[C@@H]4O[C@H](C(=O)O)[C@@H](O[C@H]5O[C@H](COS(=O)(=O)O)[C@@H](O)[C@H](O)[C@H]5NS(=O)(=O)O)[C@H](O)[C@H]4O)[C@H](OS(=O)(=O)O)[C@H]3NS(=O)(=O)O)[C@@H](O[C@H]3O[C@H](COS(=O)(=O)O)[C@@H](O[C@@H]4O[C@H](C(=O)O)[C@@H](O[C@H]5O[C@H](COS(=O)(=O)O)[C@@H](O)[C@H](O)[C@H]5NS(=O)(=O)O)[C@H](O)[C@H]4O)[C@H](OS(=O)(=O)O)[C@H]3NS(=O)(=O)O)[C@H]2OS(=O)(=O)O)[C@H](O)[C@H]1NS(=O)(=O)O. The summed E-state index contributed by atoms with van der Waals surface area (Å²) in [5.74, 6) is -8.28. The number of carboxylic acids is 3. The molecule has 83 nitrogen and oxygen atoms in total. The van der Waals surface area contributed by atoms with Crippen molar-refractivity contribution in [2.45, 2.75) is 245 Å². The highest BCUT2D eigenvalue weighted by Gasteiger charge is 2.66. The lowest BCUT2D eigenvalue weighted by atomic mass is 9.93. The summed E-state index contributed by atoms with van der Waals surface area (Å²) in [6.07, 6.45) is -116. The van der Waals surface area contributed by atoms with Crippen molar-refractivity contribution < 1.29 is 354 Å². The minimum atomic E-state index is -6.99. The van der Waals surface area contributed by atoms with Crippen LogP contribution in [-0.2, 0) is 258 Å². The van der Waals surface area contributed by atoms with Crippen molar-refractivity contribution >= 4 is 153 Å². The molecule has 0 unspecified atom stereocenters. The van der Waals surface area contributed by atoms with E-state index in [0.29, 0.717) is 7.11 Å². The number of methoxy groups -OCH3 is 1. The van der Waals surface area contributed by atoms with Crippen molar-refractivity contribution in [3.8, 4) is 0 Å². The molecule has 0 aromatic heterocycles. The second-order valence-electron chi connectivity index (χ2n) is 30.0. The molecule has 96 heteroatoms. The predicted molar refractivity (Wildman–Crippen MR) is 417 cm³/mol. The Morgan fingerprint density at radius 2 is 0.448 bits per heavy atom. The van der Waals surface area contributed by atoms with E-state index in [1.807, 2.05) is 0 Å². The van der Waals surface area contributed by atoms with Crippen LogP contribution in [0.25, 0.3) is 0 Å². The summed E-state index contributed by atoms with van der Waals surface area (Å²) >= 11 is 0. The maximum absolute atomic E-state index is 14.3. The van der Waals surface area contributed by atoms with E-state index in [2.05, 4.69) is 29.3 Å². The molecule has 850 valence electrons. The fourth-order valence-electron chi connectivity index (χ4n) is 14.5. The monoisotopic (exact) mass is 2400 g/mol. The van der Waals surface area contributed by atoms with Gasteiger partial charge in [0, 0.05) is 7.11 Å². The molecule has 0 spiro atoms. The van der Waals surface area contributed by atoms with Crippen LogP contribution in [0.15, 0.2) is 0 Å². The number of nitrogens with one attached hydrogen (secondary N) is 5. The van der Waals surface area contributed by atoms with E-state index in [1.165, 1.54) is 14.2 Å². The van der Waals surface area contributed by atoms with Gasteiger partial charge < -0.3 is 137 Å². The maximum atomic E-state index is 14.3. The number of carbonyl (C=O) groups is 3. The van der Waals surface area contributed by atoms with E-state index in [9.17, 15) is 244 Å². The highest BCUT2D eigenvalue weighted by molar-refractivity contribution is 7.85. The first-order valence-electron chi connectivity index (χ1n) is 37.6. The Labute approximate surface area is 810 Å². The Balaban J connectivity index is 1.36. The molecular formula is C49H83N5O78S13. The van der Waals surface area contributed by atoms with Crippen molar-refractivity contribution in [2.24, 2.45) is 0 Å². The van der Waals surface area contributed by atoms with Gasteiger partial charge in [-0.05, 0) is 0 Å². The van der Waals surface area contributed by atoms with E-state index >= 15 is 0 Å². The van der Waals surface area contributed by atoms with Gasteiger partial charge in [0.15, 0.2) is 74.7 Å². The number of ether oxygens (including phenoxy) is 16. The molecule has 0 aromatic rings. The molecule has 0 aromatic carbocycles. The summed E-state index contributed by atoms with van der Waals surface area (Å²) in [4.78, 5) is 40.8. The standard InChI is InChI=1S/C49H83N5O78S13/c1-109-42-14(52-135(76,77)78)21(59)26(9(117-42)4-112-140(91,92)93)120-49-38(132-145(106,107)108)34(126-46-16(54-137(82,83)84)30(131-144(103,104)105)28(11(119-46)6-114-142(97,98)99)122-48-25(63)23(61)32(36(128-48)40(66)67)124-44-13(51-134(73,74)75)20(58)18(56)8(116-44)3-111-139(88,89)90)33(37(129-49)41(68)69)125-45-15(53-136(79,80)81)29(130-143(100,101)102)27(10(118-45)5-113-141(94,95)96)121-47-24(62)22(60)31(35(127-47)39(64)65)123-43-12(50-133(70,71)72)19(57)17(55)7(115-43)2-110-138(85,86)87/h7-38,42-63H,2-6H2,1H3,(H,64,65)(H,66,67)(H,68,69)(H,70,71,72)(H,73,74,75)(H,76,77,78)(H,79,80,81)(H,82,83,84)(H,85,86,87)(H,88,89,90)(H,91,92,93)(H,94,95,96)(H,97,98,99)(H,100,101,102)(H,103,104,105)(H,106,107,108)/t7-,8-,9-,10-,11-,12-,13-,14-,15-,16-,17-,18-,19-,20-,21-,22-,23-,24-,25-,26-,27-,28-,29-,30-,31+,32+,33+,34-,35+,36+,37-,38-,42+,43-,44-,45-,46-,47-,48-,49-/m1/s1. The predicted octanol–water partition coefficient (Wildman–Crippen LogP) is -21.9. The minimum Gasteiger partial charge on any atom is -0.479 e. The average Bonchev–Trinajstić information content (AvgIpc) is 0.744. The molecule has 0 saturated carbocycles. The molecule has 0 radical (unpaired) electrons. The summed E-state index contributed by atoms with van der Waals surface area (Å²) in [5, 5.41) is 135. The average molecular weight is 2410 g/mol. The third kappa shape index (κ3) is 37.0. The van der Waals surface area contributed by atoms with Gasteiger partial charge >= 0.3 is 153 Å². The van der Waals surface area contributed by atoms with Crippen LogP contribution in [0.2, 0.25) is 0 Å². The van der Waals surface area contributed by atoms with E-state index in [0.717, 1.165) is 9.44 Å². The van der Waals surface area contributed by atoms with Crippen LogP contribution in [0, 0.1) is 0 Å². The molecule has 0 bridgehead atoms.